The Morgan fingerprint density at radius 3 is 2.70 bits per heavy atom. The highest BCUT2D eigenvalue weighted by atomic mass is 19.1. The molecular formula is C19H29FN6O. The molecule has 7 nitrogen and oxygen atoms in total. The van der Waals surface area contributed by atoms with Crippen LogP contribution < -0.4 is 21.1 Å². The van der Waals surface area contributed by atoms with Crippen molar-refractivity contribution in [3.05, 3.63) is 24.0 Å². The van der Waals surface area contributed by atoms with E-state index in [-0.39, 0.29) is 5.75 Å². The minimum atomic E-state index is -0.536. The molecule has 1 heterocycles. The molecule has 1 atom stereocenters. The van der Waals surface area contributed by atoms with E-state index in [4.69, 9.17) is 15.5 Å². The molecule has 3 rings (SSSR count). The van der Waals surface area contributed by atoms with Crippen molar-refractivity contribution < 1.29 is 9.13 Å². The van der Waals surface area contributed by atoms with Gasteiger partial charge in [0.2, 0.25) is 11.9 Å². The van der Waals surface area contributed by atoms with Gasteiger partial charge in [-0.2, -0.15) is 0 Å². The van der Waals surface area contributed by atoms with Gasteiger partial charge in [0.1, 0.15) is 0 Å². The molecule has 1 aliphatic heterocycles. The van der Waals surface area contributed by atoms with Crippen LogP contribution in [0.5, 0.6) is 5.75 Å². The first-order valence-electron chi connectivity index (χ1n) is 9.66. The third-order valence-corrected chi connectivity index (χ3v) is 4.97. The van der Waals surface area contributed by atoms with Gasteiger partial charge in [-0.05, 0) is 31.9 Å². The van der Waals surface area contributed by atoms with Gasteiger partial charge in [0.15, 0.2) is 17.9 Å². The topological polar surface area (TPSA) is 87.3 Å². The number of guanidine groups is 2. The molecule has 1 aromatic carbocycles. The second-order valence-electron chi connectivity index (χ2n) is 6.87. The van der Waals surface area contributed by atoms with Gasteiger partial charge in [-0.3, -0.25) is 11.1 Å². The number of aliphatic imine (C=N–C) groups is 2. The zero-order valence-electron chi connectivity index (χ0n) is 16.0. The molecule has 27 heavy (non-hydrogen) atoms. The van der Waals surface area contributed by atoms with Crippen LogP contribution in [0.4, 0.5) is 10.1 Å². The largest absolute Gasteiger partial charge is 0.494 e. The first kappa shape index (κ1) is 19.4. The van der Waals surface area contributed by atoms with E-state index in [0.717, 1.165) is 18.8 Å². The summed E-state index contributed by atoms with van der Waals surface area (Å²) in [5.41, 5.74) is 6.78. The standard InChI is InChI=1S/C19H29FN6O/c1-3-26-17(21)24-18(22-14-10-11-16(27-2)15(20)12-14)25-19(26)23-13-8-6-4-5-7-9-13/h10-13,17H,3-9,21H2,1-2H3,(H2,22,23,24,25). The van der Waals surface area contributed by atoms with Gasteiger partial charge in [-0.25, -0.2) is 14.4 Å². The predicted molar refractivity (Wildman–Crippen MR) is 106 cm³/mol. The number of benzene rings is 1. The van der Waals surface area contributed by atoms with Crippen molar-refractivity contribution in [3.8, 4) is 5.75 Å². The van der Waals surface area contributed by atoms with Crippen LogP contribution in [0.3, 0.4) is 0 Å². The van der Waals surface area contributed by atoms with Crippen LogP contribution in [0.15, 0.2) is 28.2 Å². The summed E-state index contributed by atoms with van der Waals surface area (Å²) in [6.07, 6.45) is 6.65. The maximum Gasteiger partial charge on any atom is 0.205 e. The first-order valence-corrected chi connectivity index (χ1v) is 9.66. The molecule has 1 aliphatic carbocycles. The maximum atomic E-state index is 13.9. The number of ether oxygens (including phenoxy) is 1. The summed E-state index contributed by atoms with van der Waals surface area (Å²) in [6, 6.07) is 4.96. The van der Waals surface area contributed by atoms with Gasteiger partial charge in [0, 0.05) is 18.3 Å². The van der Waals surface area contributed by atoms with Crippen LogP contribution in [0.2, 0.25) is 0 Å². The molecule has 148 valence electrons. The molecule has 4 N–H and O–H groups in total. The Hall–Kier alpha value is -2.35. The lowest BCUT2D eigenvalue weighted by Gasteiger charge is -2.34. The van der Waals surface area contributed by atoms with E-state index >= 15 is 0 Å². The van der Waals surface area contributed by atoms with E-state index in [2.05, 4.69) is 15.6 Å². The van der Waals surface area contributed by atoms with Gasteiger partial charge in [-0.1, -0.05) is 25.7 Å². The minimum absolute atomic E-state index is 0.198. The van der Waals surface area contributed by atoms with Crippen LogP contribution in [-0.2, 0) is 0 Å². The van der Waals surface area contributed by atoms with Crippen molar-refractivity contribution in [1.82, 2.24) is 10.2 Å². The monoisotopic (exact) mass is 376 g/mol. The Bertz CT molecular complexity index is 699. The summed E-state index contributed by atoms with van der Waals surface area (Å²) in [6.45, 7) is 2.73. The van der Waals surface area contributed by atoms with Crippen molar-refractivity contribution in [2.75, 3.05) is 19.0 Å². The molecule has 0 spiro atoms. The summed E-state index contributed by atoms with van der Waals surface area (Å²) in [5.74, 6) is 0.946. The van der Waals surface area contributed by atoms with Crippen LogP contribution in [0.1, 0.15) is 45.4 Å². The number of methoxy groups -OCH3 is 1. The molecule has 2 aliphatic rings. The average molecular weight is 376 g/mol. The van der Waals surface area contributed by atoms with E-state index in [9.17, 15) is 4.39 Å². The fraction of sp³-hybridized carbons (Fsp3) is 0.579. The molecule has 0 saturated heterocycles. The minimum Gasteiger partial charge on any atom is -0.494 e. The fourth-order valence-electron chi connectivity index (χ4n) is 3.48. The fourth-order valence-corrected chi connectivity index (χ4v) is 3.48. The molecule has 1 fully saturated rings. The predicted octanol–water partition coefficient (Wildman–Crippen LogP) is 2.85. The summed E-state index contributed by atoms with van der Waals surface area (Å²) in [7, 11) is 1.44. The van der Waals surface area contributed by atoms with Gasteiger partial charge in [0.25, 0.3) is 0 Å². The Morgan fingerprint density at radius 1 is 1.33 bits per heavy atom. The summed E-state index contributed by atoms with van der Waals surface area (Å²) in [4.78, 5) is 11.3. The Balaban J connectivity index is 1.77. The molecular weight excluding hydrogens is 347 g/mol. The van der Waals surface area contributed by atoms with E-state index < -0.39 is 12.1 Å². The number of nitrogens with zero attached hydrogens (tertiary/aromatic N) is 3. The molecule has 0 aromatic heterocycles. The van der Waals surface area contributed by atoms with Crippen LogP contribution in [-0.4, -0.2) is 42.8 Å². The Labute approximate surface area is 159 Å². The lowest BCUT2D eigenvalue weighted by Crippen LogP contribution is -2.58. The van der Waals surface area contributed by atoms with Crippen molar-refractivity contribution in [2.24, 2.45) is 15.7 Å². The Morgan fingerprint density at radius 2 is 2.07 bits per heavy atom. The number of hydrogen-bond donors (Lipinski definition) is 3. The zero-order valence-corrected chi connectivity index (χ0v) is 16.0. The van der Waals surface area contributed by atoms with Gasteiger partial charge in [0.05, 0.1) is 13.2 Å². The molecule has 1 unspecified atom stereocenters. The third-order valence-electron chi connectivity index (χ3n) is 4.97. The SMILES string of the molecule is CCN1C(=NC2CCCCCC2)NC(Nc2ccc(OC)c(F)c2)=NC1N. The van der Waals surface area contributed by atoms with E-state index in [1.165, 1.54) is 38.9 Å². The smallest absolute Gasteiger partial charge is 0.205 e. The highest BCUT2D eigenvalue weighted by Gasteiger charge is 2.25. The number of rotatable bonds is 4. The van der Waals surface area contributed by atoms with Crippen molar-refractivity contribution in [2.45, 2.75) is 57.8 Å². The van der Waals surface area contributed by atoms with Crippen LogP contribution in [0, 0.1) is 5.82 Å². The first-order chi connectivity index (χ1) is 13.1. The van der Waals surface area contributed by atoms with Gasteiger partial charge < -0.3 is 15.0 Å². The van der Waals surface area contributed by atoms with Crippen LogP contribution >= 0.6 is 0 Å². The van der Waals surface area contributed by atoms with Crippen molar-refractivity contribution >= 4 is 17.6 Å². The van der Waals surface area contributed by atoms with Crippen molar-refractivity contribution in [3.63, 3.8) is 0 Å². The number of halogens is 1. The highest BCUT2D eigenvalue weighted by Crippen LogP contribution is 2.22. The zero-order chi connectivity index (χ0) is 19.2. The number of nitrogens with two attached hydrogens (primary N) is 1. The Kier molecular flexibility index (Phi) is 6.49. The molecule has 0 amide bonds. The van der Waals surface area contributed by atoms with Crippen LogP contribution in [0.25, 0.3) is 0 Å². The van der Waals surface area contributed by atoms with E-state index in [0.29, 0.717) is 24.2 Å². The average Bonchev–Trinajstić information content (AvgIpc) is 2.90. The van der Waals surface area contributed by atoms with E-state index in [1.54, 1.807) is 12.1 Å². The molecule has 8 heteroatoms. The molecule has 0 radical (unpaired) electrons. The molecule has 1 aromatic rings. The quantitative estimate of drug-likeness (QED) is 0.704. The van der Waals surface area contributed by atoms with Crippen molar-refractivity contribution in [1.29, 1.82) is 0 Å². The normalized spacial score (nSPS) is 22.8. The maximum absolute atomic E-state index is 13.9. The third kappa shape index (κ3) is 4.88. The number of hydrogen-bond acceptors (Lipinski definition) is 5. The van der Waals surface area contributed by atoms with Gasteiger partial charge >= 0.3 is 0 Å². The number of anilines is 1. The summed E-state index contributed by atoms with van der Waals surface area (Å²) < 4.78 is 18.9. The lowest BCUT2D eigenvalue weighted by molar-refractivity contribution is 0.321. The summed E-state index contributed by atoms with van der Waals surface area (Å²) in [5, 5.41) is 6.31. The second-order valence-corrected chi connectivity index (χ2v) is 6.87. The second kappa shape index (κ2) is 9.03. The number of nitrogens with one attached hydrogen (secondary N) is 2. The highest BCUT2D eigenvalue weighted by molar-refractivity contribution is 6.06. The molecule has 0 bridgehead atoms. The summed E-state index contributed by atoms with van der Waals surface area (Å²) >= 11 is 0. The van der Waals surface area contributed by atoms with E-state index in [1.807, 2.05) is 11.8 Å². The lowest BCUT2D eigenvalue weighted by atomic mass is 10.1. The van der Waals surface area contributed by atoms with Gasteiger partial charge in [-0.15, -0.1) is 0 Å². The molecule has 1 saturated carbocycles.